The van der Waals surface area contributed by atoms with Crippen molar-refractivity contribution in [3.63, 3.8) is 0 Å². The third-order valence-electron chi connectivity index (χ3n) is 2.12. The van der Waals surface area contributed by atoms with Crippen LogP contribution in [0.2, 0.25) is 5.15 Å². The fourth-order valence-corrected chi connectivity index (χ4v) is 2.60. The molecule has 6 heteroatoms. The highest BCUT2D eigenvalue weighted by atomic mass is 35.5. The highest BCUT2D eigenvalue weighted by Crippen LogP contribution is 2.34. The quantitative estimate of drug-likeness (QED) is 0.621. The van der Waals surface area contributed by atoms with E-state index in [9.17, 15) is 4.79 Å². The van der Waals surface area contributed by atoms with E-state index in [1.807, 2.05) is 6.92 Å². The number of hydrogen-bond acceptors (Lipinski definition) is 5. The van der Waals surface area contributed by atoms with Gasteiger partial charge in [-0.2, -0.15) is 0 Å². The van der Waals surface area contributed by atoms with Crippen molar-refractivity contribution in [3.05, 3.63) is 34.2 Å². The van der Waals surface area contributed by atoms with E-state index in [0.29, 0.717) is 15.6 Å². The van der Waals surface area contributed by atoms with Gasteiger partial charge in [-0.1, -0.05) is 11.6 Å². The summed E-state index contributed by atoms with van der Waals surface area (Å²) in [6, 6.07) is 3.56. The Kier molecular flexibility index (Phi) is 3.40. The Morgan fingerprint density at radius 3 is 2.94 bits per heavy atom. The van der Waals surface area contributed by atoms with Gasteiger partial charge in [0.1, 0.15) is 5.15 Å². The molecule has 2 aromatic rings. The minimum absolute atomic E-state index is 0.282. The minimum atomic E-state index is -0.468. The number of pyridine rings is 1. The highest BCUT2D eigenvalue weighted by molar-refractivity contribution is 7.15. The van der Waals surface area contributed by atoms with Gasteiger partial charge in [0, 0.05) is 11.8 Å². The summed E-state index contributed by atoms with van der Waals surface area (Å²) in [5, 5.41) is 1.13. The molecule has 88 valence electrons. The fourth-order valence-electron chi connectivity index (χ4n) is 1.40. The topological polar surface area (TPSA) is 52.1 Å². The Labute approximate surface area is 107 Å². The van der Waals surface area contributed by atoms with Gasteiger partial charge >= 0.3 is 5.97 Å². The normalized spacial score (nSPS) is 10.3. The summed E-state index contributed by atoms with van der Waals surface area (Å²) in [5.41, 5.74) is 0.977. The van der Waals surface area contributed by atoms with Crippen molar-refractivity contribution in [2.75, 3.05) is 7.11 Å². The second kappa shape index (κ2) is 4.81. The van der Waals surface area contributed by atoms with E-state index in [-0.39, 0.29) is 5.69 Å². The van der Waals surface area contributed by atoms with Gasteiger partial charge in [0.25, 0.3) is 0 Å². The smallest absolute Gasteiger partial charge is 0.358 e. The molecular weight excluding hydrogens is 260 g/mol. The molecule has 0 aliphatic carbocycles. The van der Waals surface area contributed by atoms with E-state index in [1.165, 1.54) is 18.4 Å². The third-order valence-corrected chi connectivity index (χ3v) is 3.42. The molecular formula is C11H9ClN2O2S. The van der Waals surface area contributed by atoms with E-state index in [4.69, 9.17) is 16.3 Å². The van der Waals surface area contributed by atoms with Crippen LogP contribution in [0.1, 0.15) is 15.5 Å². The summed E-state index contributed by atoms with van der Waals surface area (Å²) in [4.78, 5) is 20.4. The van der Waals surface area contributed by atoms with Gasteiger partial charge in [-0.15, -0.1) is 11.3 Å². The molecule has 0 aromatic carbocycles. The number of carbonyl (C=O) groups excluding carboxylic acids is 1. The van der Waals surface area contributed by atoms with Gasteiger partial charge < -0.3 is 4.74 Å². The van der Waals surface area contributed by atoms with Crippen molar-refractivity contribution in [2.24, 2.45) is 0 Å². The summed E-state index contributed by atoms with van der Waals surface area (Å²) in [6.07, 6.45) is 1.59. The van der Waals surface area contributed by atoms with Gasteiger partial charge in [0.15, 0.2) is 5.69 Å². The van der Waals surface area contributed by atoms with E-state index >= 15 is 0 Å². The summed E-state index contributed by atoms with van der Waals surface area (Å²) in [5.74, 6) is -0.468. The first kappa shape index (κ1) is 12.0. The number of ether oxygens (including phenoxy) is 1. The number of aromatic nitrogens is 2. The minimum Gasteiger partial charge on any atom is -0.464 e. The van der Waals surface area contributed by atoms with Crippen molar-refractivity contribution in [1.29, 1.82) is 0 Å². The zero-order chi connectivity index (χ0) is 12.4. The Morgan fingerprint density at radius 1 is 1.53 bits per heavy atom. The number of thiazole rings is 1. The molecule has 2 aromatic heterocycles. The summed E-state index contributed by atoms with van der Waals surface area (Å²) in [6.45, 7) is 1.82. The van der Waals surface area contributed by atoms with Crippen molar-refractivity contribution in [2.45, 2.75) is 6.92 Å². The summed E-state index contributed by atoms with van der Waals surface area (Å²) in [7, 11) is 1.33. The second-order valence-corrected chi connectivity index (χ2v) is 4.81. The average molecular weight is 269 g/mol. The Bertz CT molecular complexity index is 568. The summed E-state index contributed by atoms with van der Waals surface area (Å²) < 4.78 is 4.69. The molecule has 0 bridgehead atoms. The van der Waals surface area contributed by atoms with E-state index in [2.05, 4.69) is 9.97 Å². The molecule has 17 heavy (non-hydrogen) atoms. The second-order valence-electron chi connectivity index (χ2n) is 3.24. The molecule has 2 heterocycles. The van der Waals surface area contributed by atoms with E-state index < -0.39 is 5.97 Å². The van der Waals surface area contributed by atoms with Crippen LogP contribution in [0, 0.1) is 6.92 Å². The van der Waals surface area contributed by atoms with Crippen LogP contribution in [-0.4, -0.2) is 23.0 Å². The lowest BCUT2D eigenvalue weighted by molar-refractivity contribution is 0.0595. The zero-order valence-electron chi connectivity index (χ0n) is 9.23. The molecule has 0 amide bonds. The van der Waals surface area contributed by atoms with Crippen LogP contribution in [0.4, 0.5) is 0 Å². The fraction of sp³-hybridized carbons (Fsp3) is 0.182. The maximum absolute atomic E-state index is 11.6. The first-order valence-corrected chi connectivity index (χ1v) is 5.99. The molecule has 0 aliphatic rings. The molecule has 0 saturated heterocycles. The third kappa shape index (κ3) is 2.30. The van der Waals surface area contributed by atoms with Crippen LogP contribution in [0.15, 0.2) is 18.3 Å². The molecule has 0 atom stereocenters. The van der Waals surface area contributed by atoms with Crippen LogP contribution in [0.5, 0.6) is 0 Å². The van der Waals surface area contributed by atoms with Crippen LogP contribution >= 0.6 is 22.9 Å². The predicted molar refractivity (Wildman–Crippen MR) is 66.4 cm³/mol. The van der Waals surface area contributed by atoms with Crippen molar-refractivity contribution >= 4 is 28.9 Å². The van der Waals surface area contributed by atoms with Crippen molar-refractivity contribution < 1.29 is 9.53 Å². The molecule has 0 saturated carbocycles. The zero-order valence-corrected chi connectivity index (χ0v) is 10.8. The summed E-state index contributed by atoms with van der Waals surface area (Å²) >= 11 is 7.39. The van der Waals surface area contributed by atoms with E-state index in [0.717, 1.165) is 5.01 Å². The molecule has 0 fully saturated rings. The number of halogens is 1. The number of nitrogens with zero attached hydrogens (tertiary/aromatic N) is 2. The van der Waals surface area contributed by atoms with Gasteiger partial charge in [0.05, 0.1) is 17.0 Å². The molecule has 0 unspecified atom stereocenters. The Hall–Kier alpha value is -1.46. The largest absolute Gasteiger partial charge is 0.464 e. The highest BCUT2D eigenvalue weighted by Gasteiger charge is 2.20. The lowest BCUT2D eigenvalue weighted by Gasteiger charge is -2.02. The van der Waals surface area contributed by atoms with Crippen LogP contribution in [-0.2, 0) is 4.74 Å². The number of esters is 1. The molecule has 2 rings (SSSR count). The van der Waals surface area contributed by atoms with Crippen LogP contribution in [0.25, 0.3) is 10.4 Å². The monoisotopic (exact) mass is 268 g/mol. The van der Waals surface area contributed by atoms with Crippen LogP contribution in [0.3, 0.4) is 0 Å². The number of rotatable bonds is 2. The number of carbonyl (C=O) groups is 1. The molecule has 0 N–H and O–H groups in total. The maximum Gasteiger partial charge on any atom is 0.358 e. The standard InChI is InChI=1S/C11H9ClN2O2S/c1-6-14-8(11(15)16-2)9(17-6)7-4-3-5-13-10(7)12/h3-5H,1-2H3. The van der Waals surface area contributed by atoms with Gasteiger partial charge in [-0.25, -0.2) is 14.8 Å². The van der Waals surface area contributed by atoms with E-state index in [1.54, 1.807) is 18.3 Å². The number of aryl methyl sites for hydroxylation is 1. The first-order valence-electron chi connectivity index (χ1n) is 4.80. The van der Waals surface area contributed by atoms with Gasteiger partial charge in [-0.05, 0) is 19.1 Å². The Balaban J connectivity index is 2.60. The Morgan fingerprint density at radius 2 is 2.29 bits per heavy atom. The number of hydrogen-bond donors (Lipinski definition) is 0. The molecule has 4 nitrogen and oxygen atoms in total. The van der Waals surface area contributed by atoms with Crippen LogP contribution < -0.4 is 0 Å². The SMILES string of the molecule is COC(=O)c1nc(C)sc1-c1cccnc1Cl. The predicted octanol–water partition coefficient (Wildman–Crippen LogP) is 2.95. The lowest BCUT2D eigenvalue weighted by Crippen LogP contribution is -2.03. The van der Waals surface area contributed by atoms with Crippen molar-refractivity contribution in [1.82, 2.24) is 9.97 Å². The average Bonchev–Trinajstić information content (AvgIpc) is 2.71. The van der Waals surface area contributed by atoms with Crippen molar-refractivity contribution in [3.8, 4) is 10.4 Å². The molecule has 0 aliphatic heterocycles. The molecule has 0 radical (unpaired) electrons. The lowest BCUT2D eigenvalue weighted by atomic mass is 10.2. The number of methoxy groups -OCH3 is 1. The van der Waals surface area contributed by atoms with Gasteiger partial charge in [0.2, 0.25) is 0 Å². The maximum atomic E-state index is 11.6. The first-order chi connectivity index (χ1) is 8.13. The van der Waals surface area contributed by atoms with Gasteiger partial charge in [-0.3, -0.25) is 0 Å². The molecule has 0 spiro atoms.